The number of aromatic nitrogens is 4. The van der Waals surface area contributed by atoms with Crippen molar-refractivity contribution in [1.29, 1.82) is 0 Å². The molecule has 0 saturated carbocycles. The molecule has 3 rings (SSSR count). The minimum Gasteiger partial charge on any atom is -0.433 e. The number of H-pyrrole nitrogens is 1. The number of ether oxygens (including phenoxy) is 1. The molecule has 3 heterocycles. The zero-order valence-corrected chi connectivity index (χ0v) is 9.96. The topological polar surface area (TPSA) is 72.3 Å². The van der Waals surface area contributed by atoms with E-state index in [0.29, 0.717) is 16.6 Å². The summed E-state index contributed by atoms with van der Waals surface area (Å²) >= 11 is 0. The van der Waals surface area contributed by atoms with Crippen molar-refractivity contribution in [3.63, 3.8) is 0 Å². The smallest absolute Gasteiger partial charge is 0.387 e. The highest BCUT2D eigenvalue weighted by Gasteiger charge is 2.12. The highest BCUT2D eigenvalue weighted by Crippen LogP contribution is 2.25. The summed E-state index contributed by atoms with van der Waals surface area (Å²) in [7, 11) is 0. The molecule has 0 bridgehead atoms. The molecule has 0 aliphatic heterocycles. The Morgan fingerprint density at radius 3 is 2.95 bits per heavy atom. The summed E-state index contributed by atoms with van der Waals surface area (Å²) < 4.78 is 30.1. The number of nitrogens with one attached hydrogen (secondary N) is 1. The summed E-state index contributed by atoms with van der Waals surface area (Å²) in [5, 5.41) is 4.03. The molecule has 0 aliphatic carbocycles. The van der Waals surface area contributed by atoms with Crippen LogP contribution in [-0.4, -0.2) is 26.2 Å². The van der Waals surface area contributed by atoms with Gasteiger partial charge in [-0.3, -0.25) is 9.78 Å². The Bertz CT molecular complexity index is 812. The molecule has 0 unspecified atom stereocenters. The van der Waals surface area contributed by atoms with Gasteiger partial charge in [0.15, 0.2) is 0 Å². The molecule has 6 nitrogen and oxygen atoms in total. The van der Waals surface area contributed by atoms with Crippen LogP contribution in [-0.2, 0) is 0 Å². The highest BCUT2D eigenvalue weighted by molar-refractivity contribution is 5.79. The van der Waals surface area contributed by atoms with Gasteiger partial charge < -0.3 is 9.72 Å². The Morgan fingerprint density at radius 1 is 1.30 bits per heavy atom. The summed E-state index contributed by atoms with van der Waals surface area (Å²) in [5.41, 5.74) is 0.928. The molecule has 0 aliphatic rings. The Morgan fingerprint density at radius 2 is 2.15 bits per heavy atom. The molecule has 0 radical (unpaired) electrons. The lowest BCUT2D eigenvalue weighted by molar-refractivity contribution is -0.0500. The van der Waals surface area contributed by atoms with E-state index in [-0.39, 0.29) is 11.3 Å². The van der Waals surface area contributed by atoms with Gasteiger partial charge in [0.25, 0.3) is 5.56 Å². The van der Waals surface area contributed by atoms with Crippen molar-refractivity contribution in [2.75, 3.05) is 0 Å². The monoisotopic (exact) mass is 278 g/mol. The van der Waals surface area contributed by atoms with Crippen molar-refractivity contribution in [1.82, 2.24) is 19.6 Å². The normalized spacial score (nSPS) is 11.2. The van der Waals surface area contributed by atoms with Crippen LogP contribution in [0, 0.1) is 0 Å². The second-order valence-electron chi connectivity index (χ2n) is 3.93. The molecule has 0 saturated heterocycles. The van der Waals surface area contributed by atoms with Crippen LogP contribution in [0.1, 0.15) is 0 Å². The molecular weight excluding hydrogens is 270 g/mol. The third-order valence-corrected chi connectivity index (χ3v) is 2.69. The molecule has 0 aromatic carbocycles. The van der Waals surface area contributed by atoms with Gasteiger partial charge in [-0.2, -0.15) is 13.9 Å². The van der Waals surface area contributed by atoms with Crippen molar-refractivity contribution in [2.45, 2.75) is 6.61 Å². The summed E-state index contributed by atoms with van der Waals surface area (Å²) in [5.74, 6) is -0.0794. The van der Waals surface area contributed by atoms with Crippen molar-refractivity contribution in [3.8, 4) is 16.9 Å². The number of nitrogens with zero attached hydrogens (tertiary/aromatic N) is 3. The first-order valence-corrected chi connectivity index (χ1v) is 5.60. The minimum absolute atomic E-state index is 0.0794. The lowest BCUT2D eigenvalue weighted by Gasteiger charge is -2.05. The van der Waals surface area contributed by atoms with Gasteiger partial charge in [-0.25, -0.2) is 4.52 Å². The SMILES string of the molecule is O=c1[nH]ccn2ncc(-c3cncc(OC(F)F)c3)c12. The van der Waals surface area contributed by atoms with Crippen LogP contribution in [0.2, 0.25) is 0 Å². The number of fused-ring (bicyclic) bond motifs is 1. The van der Waals surface area contributed by atoms with Gasteiger partial charge in [0, 0.05) is 29.7 Å². The molecule has 0 atom stereocenters. The van der Waals surface area contributed by atoms with Crippen molar-refractivity contribution < 1.29 is 13.5 Å². The maximum Gasteiger partial charge on any atom is 0.387 e. The fraction of sp³-hybridized carbons (Fsp3) is 0.0833. The number of pyridine rings is 1. The average Bonchev–Trinajstić information content (AvgIpc) is 2.83. The Hall–Kier alpha value is -2.77. The van der Waals surface area contributed by atoms with Gasteiger partial charge in [0.1, 0.15) is 11.3 Å². The zero-order chi connectivity index (χ0) is 14.1. The van der Waals surface area contributed by atoms with Crippen LogP contribution in [0.3, 0.4) is 0 Å². The first-order chi connectivity index (χ1) is 9.65. The van der Waals surface area contributed by atoms with Crippen LogP contribution in [0.4, 0.5) is 8.78 Å². The number of halogens is 2. The number of hydrogen-bond acceptors (Lipinski definition) is 4. The van der Waals surface area contributed by atoms with Crippen LogP contribution < -0.4 is 10.3 Å². The summed E-state index contributed by atoms with van der Waals surface area (Å²) in [6.07, 6.45) is 7.12. The number of rotatable bonds is 3. The van der Waals surface area contributed by atoms with E-state index in [1.807, 2.05) is 0 Å². The van der Waals surface area contributed by atoms with Gasteiger partial charge in [0.05, 0.1) is 12.4 Å². The molecule has 0 fully saturated rings. The fourth-order valence-electron chi connectivity index (χ4n) is 1.90. The van der Waals surface area contributed by atoms with Crippen molar-refractivity contribution in [3.05, 3.63) is 47.4 Å². The highest BCUT2D eigenvalue weighted by atomic mass is 19.3. The van der Waals surface area contributed by atoms with E-state index in [1.165, 1.54) is 35.4 Å². The third-order valence-electron chi connectivity index (χ3n) is 2.69. The Balaban J connectivity index is 2.14. The van der Waals surface area contributed by atoms with Crippen LogP contribution >= 0.6 is 0 Å². The van der Waals surface area contributed by atoms with E-state index in [4.69, 9.17) is 0 Å². The lowest BCUT2D eigenvalue weighted by atomic mass is 10.1. The van der Waals surface area contributed by atoms with E-state index in [2.05, 4.69) is 19.8 Å². The maximum absolute atomic E-state index is 12.2. The van der Waals surface area contributed by atoms with Crippen LogP contribution in [0.15, 0.2) is 41.8 Å². The second kappa shape index (κ2) is 4.72. The van der Waals surface area contributed by atoms with Crippen molar-refractivity contribution >= 4 is 5.52 Å². The summed E-state index contributed by atoms with van der Waals surface area (Å²) in [6, 6.07) is 1.38. The minimum atomic E-state index is -2.93. The first kappa shape index (κ1) is 12.3. The van der Waals surface area contributed by atoms with E-state index in [9.17, 15) is 13.6 Å². The Labute approximate surface area is 110 Å². The third kappa shape index (κ3) is 2.11. The fourth-order valence-corrected chi connectivity index (χ4v) is 1.90. The largest absolute Gasteiger partial charge is 0.433 e. The predicted octanol–water partition coefficient (Wildman–Crippen LogP) is 1.69. The molecule has 1 N–H and O–H groups in total. The van der Waals surface area contributed by atoms with E-state index < -0.39 is 6.61 Å². The number of hydrogen-bond donors (Lipinski definition) is 1. The molecule has 0 amide bonds. The number of alkyl halides is 2. The molecular formula is C12H8F2N4O2. The molecule has 102 valence electrons. The van der Waals surface area contributed by atoms with Gasteiger partial charge in [-0.05, 0) is 6.07 Å². The van der Waals surface area contributed by atoms with E-state index >= 15 is 0 Å². The second-order valence-corrected chi connectivity index (χ2v) is 3.93. The molecule has 20 heavy (non-hydrogen) atoms. The summed E-state index contributed by atoms with van der Waals surface area (Å²) in [6.45, 7) is -2.93. The Kier molecular flexibility index (Phi) is 2.90. The maximum atomic E-state index is 12.2. The molecule has 8 heteroatoms. The molecule has 3 aromatic rings. The quantitative estimate of drug-likeness (QED) is 0.791. The van der Waals surface area contributed by atoms with Gasteiger partial charge in [-0.1, -0.05) is 0 Å². The zero-order valence-electron chi connectivity index (χ0n) is 9.96. The number of aromatic amines is 1. The van der Waals surface area contributed by atoms with Gasteiger partial charge in [-0.15, -0.1) is 0 Å². The lowest BCUT2D eigenvalue weighted by Crippen LogP contribution is -2.08. The van der Waals surface area contributed by atoms with E-state index in [0.717, 1.165) is 0 Å². The molecule has 0 spiro atoms. The van der Waals surface area contributed by atoms with E-state index in [1.54, 1.807) is 6.20 Å². The van der Waals surface area contributed by atoms with Gasteiger partial charge >= 0.3 is 6.61 Å². The summed E-state index contributed by atoms with van der Waals surface area (Å²) in [4.78, 5) is 18.2. The van der Waals surface area contributed by atoms with Crippen LogP contribution in [0.25, 0.3) is 16.6 Å². The first-order valence-electron chi connectivity index (χ1n) is 5.60. The average molecular weight is 278 g/mol. The van der Waals surface area contributed by atoms with Gasteiger partial charge in [0.2, 0.25) is 0 Å². The predicted molar refractivity (Wildman–Crippen MR) is 65.7 cm³/mol. The van der Waals surface area contributed by atoms with Crippen LogP contribution in [0.5, 0.6) is 5.75 Å². The molecule has 3 aromatic heterocycles. The standard InChI is InChI=1S/C12H8F2N4O2/c13-12(14)20-8-3-7(4-15-5-8)9-6-17-18-2-1-16-11(19)10(9)18/h1-6,12H,(H,16,19). The van der Waals surface area contributed by atoms with Crippen molar-refractivity contribution in [2.24, 2.45) is 0 Å².